The molecule has 0 fully saturated rings. The number of nitrogens with two attached hydrogens (primary N) is 1. The Morgan fingerprint density at radius 2 is 2.33 bits per heavy atom. The molecule has 0 saturated heterocycles. The number of hydrogen-bond acceptors (Lipinski definition) is 3. The van der Waals surface area contributed by atoms with Gasteiger partial charge in [0.25, 0.3) is 0 Å². The highest BCUT2D eigenvalue weighted by molar-refractivity contribution is 5.90. The summed E-state index contributed by atoms with van der Waals surface area (Å²) in [6.07, 6.45) is 2.88. The number of aromatic nitrogens is 1. The van der Waals surface area contributed by atoms with Gasteiger partial charge in [0, 0.05) is 6.20 Å². The summed E-state index contributed by atoms with van der Waals surface area (Å²) in [6, 6.07) is 5.18. The first-order valence-electron chi connectivity index (χ1n) is 3.31. The molecule has 0 aliphatic rings. The second-order valence-corrected chi connectivity index (χ2v) is 2.16. The van der Waals surface area contributed by atoms with E-state index in [1.54, 1.807) is 24.4 Å². The molecule has 1 heterocycles. The van der Waals surface area contributed by atoms with Crippen LogP contribution in [0.3, 0.4) is 0 Å². The van der Waals surface area contributed by atoms with Gasteiger partial charge in [0.05, 0.1) is 5.69 Å². The second kappa shape index (κ2) is 3.52. The Morgan fingerprint density at radius 1 is 1.58 bits per heavy atom. The predicted octanol–water partition coefficient (Wildman–Crippen LogP) is 0.466. The van der Waals surface area contributed by atoms with Gasteiger partial charge < -0.3 is 10.8 Å². The third-order valence-electron chi connectivity index (χ3n) is 1.24. The molecular weight excluding hydrogens is 156 g/mol. The summed E-state index contributed by atoms with van der Waals surface area (Å²) in [5.41, 5.74) is 5.50. The standard InChI is InChI=1S/C8H8N2O2/c9-7(8(11)12)5-6-3-1-2-4-10-6/h1-5H,9H2,(H,11,12)/b7-5+. The van der Waals surface area contributed by atoms with E-state index < -0.39 is 5.97 Å². The SMILES string of the molecule is N/C(=C/c1ccccn1)C(=O)O. The zero-order valence-electron chi connectivity index (χ0n) is 6.27. The van der Waals surface area contributed by atoms with Crippen LogP contribution >= 0.6 is 0 Å². The van der Waals surface area contributed by atoms with Crippen molar-refractivity contribution in [2.45, 2.75) is 0 Å². The number of carbonyl (C=O) groups is 1. The molecule has 0 spiro atoms. The van der Waals surface area contributed by atoms with Crippen LogP contribution in [0.5, 0.6) is 0 Å². The molecule has 3 N–H and O–H groups in total. The van der Waals surface area contributed by atoms with Crippen molar-refractivity contribution in [2.75, 3.05) is 0 Å². The van der Waals surface area contributed by atoms with E-state index in [0.717, 1.165) is 0 Å². The maximum Gasteiger partial charge on any atom is 0.351 e. The fourth-order valence-electron chi connectivity index (χ4n) is 0.682. The summed E-state index contributed by atoms with van der Waals surface area (Å²) in [4.78, 5) is 14.2. The highest BCUT2D eigenvalue weighted by Crippen LogP contribution is 1.98. The number of carboxylic acid groups (broad SMARTS) is 1. The number of hydrogen-bond donors (Lipinski definition) is 2. The molecule has 1 aromatic heterocycles. The lowest BCUT2D eigenvalue weighted by molar-refractivity contribution is -0.132. The third-order valence-corrected chi connectivity index (χ3v) is 1.24. The van der Waals surface area contributed by atoms with E-state index in [2.05, 4.69) is 4.98 Å². The van der Waals surface area contributed by atoms with Gasteiger partial charge in [-0.15, -0.1) is 0 Å². The fraction of sp³-hybridized carbons (Fsp3) is 0. The van der Waals surface area contributed by atoms with Crippen LogP contribution in [0.2, 0.25) is 0 Å². The van der Waals surface area contributed by atoms with E-state index in [1.807, 2.05) is 0 Å². The maximum atomic E-state index is 10.3. The van der Waals surface area contributed by atoms with E-state index in [-0.39, 0.29) is 5.70 Å². The van der Waals surface area contributed by atoms with Crippen LogP contribution in [0.25, 0.3) is 6.08 Å². The number of carboxylic acids is 1. The molecule has 0 unspecified atom stereocenters. The molecule has 0 atom stereocenters. The first-order valence-corrected chi connectivity index (χ1v) is 3.31. The number of pyridine rings is 1. The largest absolute Gasteiger partial charge is 0.477 e. The van der Waals surface area contributed by atoms with Crippen LogP contribution in [0.1, 0.15) is 5.69 Å². The first-order chi connectivity index (χ1) is 5.70. The number of aliphatic carboxylic acids is 1. The molecule has 4 heteroatoms. The molecule has 12 heavy (non-hydrogen) atoms. The van der Waals surface area contributed by atoms with Crippen molar-refractivity contribution < 1.29 is 9.90 Å². The van der Waals surface area contributed by atoms with Crippen LogP contribution in [0, 0.1) is 0 Å². The van der Waals surface area contributed by atoms with Gasteiger partial charge in [-0.3, -0.25) is 4.98 Å². The van der Waals surface area contributed by atoms with Crippen molar-refractivity contribution in [3.8, 4) is 0 Å². The van der Waals surface area contributed by atoms with Gasteiger partial charge in [0.1, 0.15) is 5.70 Å². The summed E-state index contributed by atoms with van der Waals surface area (Å²) >= 11 is 0. The summed E-state index contributed by atoms with van der Waals surface area (Å²) in [5, 5.41) is 8.42. The first kappa shape index (κ1) is 8.26. The van der Waals surface area contributed by atoms with Crippen LogP contribution in [0.4, 0.5) is 0 Å². The molecule has 0 amide bonds. The molecule has 62 valence electrons. The Morgan fingerprint density at radius 3 is 2.83 bits per heavy atom. The molecule has 0 bridgehead atoms. The lowest BCUT2D eigenvalue weighted by Crippen LogP contribution is -2.09. The van der Waals surface area contributed by atoms with Gasteiger partial charge in [0.15, 0.2) is 0 Å². The highest BCUT2D eigenvalue weighted by atomic mass is 16.4. The average Bonchev–Trinajstić information content (AvgIpc) is 2.06. The topological polar surface area (TPSA) is 76.2 Å². The number of nitrogens with zero attached hydrogens (tertiary/aromatic N) is 1. The second-order valence-electron chi connectivity index (χ2n) is 2.16. The minimum atomic E-state index is -1.14. The molecule has 0 radical (unpaired) electrons. The Hall–Kier alpha value is -1.84. The van der Waals surface area contributed by atoms with Gasteiger partial charge in [-0.25, -0.2) is 4.79 Å². The smallest absolute Gasteiger partial charge is 0.351 e. The van der Waals surface area contributed by atoms with Gasteiger partial charge in [-0.05, 0) is 18.2 Å². The zero-order chi connectivity index (χ0) is 8.97. The molecule has 0 aliphatic heterocycles. The summed E-state index contributed by atoms with van der Waals surface area (Å²) in [6.45, 7) is 0. The third kappa shape index (κ3) is 2.09. The zero-order valence-corrected chi connectivity index (χ0v) is 6.27. The Balaban J connectivity index is 2.89. The van der Waals surface area contributed by atoms with E-state index in [4.69, 9.17) is 10.8 Å². The molecule has 1 rings (SSSR count). The predicted molar refractivity (Wildman–Crippen MR) is 44.0 cm³/mol. The lowest BCUT2D eigenvalue weighted by atomic mass is 10.3. The van der Waals surface area contributed by atoms with Crippen LogP contribution in [-0.2, 0) is 4.79 Å². The fourth-order valence-corrected chi connectivity index (χ4v) is 0.682. The van der Waals surface area contributed by atoms with Crippen LogP contribution in [-0.4, -0.2) is 16.1 Å². The van der Waals surface area contributed by atoms with E-state index in [1.165, 1.54) is 6.08 Å². The molecule has 0 aliphatic carbocycles. The van der Waals surface area contributed by atoms with Crippen LogP contribution < -0.4 is 5.73 Å². The lowest BCUT2D eigenvalue weighted by Gasteiger charge is -1.93. The molecule has 0 saturated carbocycles. The van der Waals surface area contributed by atoms with E-state index in [9.17, 15) is 4.79 Å². The van der Waals surface area contributed by atoms with E-state index in [0.29, 0.717) is 5.69 Å². The molecule has 1 aromatic rings. The highest BCUT2D eigenvalue weighted by Gasteiger charge is 1.99. The average molecular weight is 164 g/mol. The van der Waals surface area contributed by atoms with Crippen LogP contribution in [0.15, 0.2) is 30.1 Å². The van der Waals surface area contributed by atoms with E-state index >= 15 is 0 Å². The van der Waals surface area contributed by atoms with Gasteiger partial charge in [-0.1, -0.05) is 6.07 Å². The number of rotatable bonds is 2. The maximum absolute atomic E-state index is 10.3. The van der Waals surface area contributed by atoms with Crippen molar-refractivity contribution >= 4 is 12.0 Å². The van der Waals surface area contributed by atoms with Crippen molar-refractivity contribution in [1.82, 2.24) is 4.98 Å². The Labute approximate surface area is 69.4 Å². The van der Waals surface area contributed by atoms with Gasteiger partial charge in [-0.2, -0.15) is 0 Å². The van der Waals surface area contributed by atoms with Crippen molar-refractivity contribution in [1.29, 1.82) is 0 Å². The summed E-state index contributed by atoms with van der Waals surface area (Å²) in [7, 11) is 0. The molecule has 4 nitrogen and oxygen atoms in total. The minimum Gasteiger partial charge on any atom is -0.477 e. The minimum absolute atomic E-state index is 0.214. The van der Waals surface area contributed by atoms with Gasteiger partial charge in [0.2, 0.25) is 0 Å². The Bertz CT molecular complexity index is 306. The quantitative estimate of drug-likeness (QED) is 0.623. The van der Waals surface area contributed by atoms with Crippen molar-refractivity contribution in [3.63, 3.8) is 0 Å². The summed E-state index contributed by atoms with van der Waals surface area (Å²) in [5.74, 6) is -1.14. The Kier molecular flexibility index (Phi) is 2.42. The van der Waals surface area contributed by atoms with Gasteiger partial charge >= 0.3 is 5.97 Å². The van der Waals surface area contributed by atoms with Crippen molar-refractivity contribution in [3.05, 3.63) is 35.8 Å². The monoisotopic (exact) mass is 164 g/mol. The molecular formula is C8H8N2O2. The van der Waals surface area contributed by atoms with Crippen molar-refractivity contribution in [2.24, 2.45) is 5.73 Å². The molecule has 0 aromatic carbocycles. The summed E-state index contributed by atoms with van der Waals surface area (Å²) < 4.78 is 0. The normalized spacial score (nSPS) is 11.2.